The van der Waals surface area contributed by atoms with E-state index in [2.05, 4.69) is 22.9 Å². The summed E-state index contributed by atoms with van der Waals surface area (Å²) in [5.41, 5.74) is 0. The van der Waals surface area contributed by atoms with Crippen molar-refractivity contribution in [3.63, 3.8) is 0 Å². The summed E-state index contributed by atoms with van der Waals surface area (Å²) in [6, 6.07) is 0. The van der Waals surface area contributed by atoms with Crippen molar-refractivity contribution >= 4 is 21.8 Å². The monoisotopic (exact) mass is 233 g/mol. The summed E-state index contributed by atoms with van der Waals surface area (Å²) in [6.45, 7) is 6.05. The second kappa shape index (κ2) is 4.26. The number of alkyl halides is 1. The molecule has 2 atom stereocenters. The van der Waals surface area contributed by atoms with Crippen molar-refractivity contribution in [2.75, 3.05) is 18.4 Å². The molecule has 1 saturated heterocycles. The molecule has 0 aromatic rings. The molecule has 1 aliphatic rings. The highest BCUT2D eigenvalue weighted by molar-refractivity contribution is 9.09. The van der Waals surface area contributed by atoms with Gasteiger partial charge in [0.05, 0.1) is 0 Å². The molecule has 1 fully saturated rings. The van der Waals surface area contributed by atoms with E-state index in [4.69, 9.17) is 0 Å². The third kappa shape index (κ3) is 2.00. The third-order valence-electron chi connectivity index (χ3n) is 2.62. The largest absolute Gasteiger partial charge is 0.342 e. The predicted molar refractivity (Wildman–Crippen MR) is 53.3 cm³/mol. The molecule has 0 aromatic carbocycles. The Morgan fingerprint density at radius 1 is 1.58 bits per heavy atom. The first kappa shape index (κ1) is 10.0. The Balaban J connectivity index is 2.42. The van der Waals surface area contributed by atoms with E-state index in [1.54, 1.807) is 0 Å². The molecule has 1 aliphatic heterocycles. The fourth-order valence-electron chi connectivity index (χ4n) is 1.58. The highest BCUT2D eigenvalue weighted by Crippen LogP contribution is 2.23. The van der Waals surface area contributed by atoms with Gasteiger partial charge in [0.2, 0.25) is 5.91 Å². The fraction of sp³-hybridized carbons (Fsp3) is 0.889. The zero-order valence-corrected chi connectivity index (χ0v) is 9.30. The van der Waals surface area contributed by atoms with Gasteiger partial charge in [0.25, 0.3) is 0 Å². The molecule has 2 nitrogen and oxygen atoms in total. The van der Waals surface area contributed by atoms with E-state index in [1.807, 2.05) is 11.8 Å². The highest BCUT2D eigenvalue weighted by atomic mass is 79.9. The molecule has 3 heteroatoms. The van der Waals surface area contributed by atoms with E-state index in [1.165, 1.54) is 0 Å². The van der Waals surface area contributed by atoms with Crippen molar-refractivity contribution in [1.29, 1.82) is 0 Å². The van der Waals surface area contributed by atoms with Gasteiger partial charge in [0.15, 0.2) is 0 Å². The molecule has 1 amide bonds. The van der Waals surface area contributed by atoms with Crippen LogP contribution in [0, 0.1) is 11.8 Å². The van der Waals surface area contributed by atoms with Crippen LogP contribution < -0.4 is 0 Å². The average Bonchev–Trinajstić information content (AvgIpc) is 2.30. The van der Waals surface area contributed by atoms with Crippen molar-refractivity contribution in [2.24, 2.45) is 11.8 Å². The van der Waals surface area contributed by atoms with E-state index in [0.29, 0.717) is 11.8 Å². The molecular formula is C9H16BrNO. The van der Waals surface area contributed by atoms with Crippen molar-refractivity contribution in [1.82, 2.24) is 4.90 Å². The lowest BCUT2D eigenvalue weighted by Crippen LogP contribution is -2.27. The summed E-state index contributed by atoms with van der Waals surface area (Å²) in [5, 5.41) is 0.986. The van der Waals surface area contributed by atoms with E-state index in [0.717, 1.165) is 24.8 Å². The average molecular weight is 234 g/mol. The van der Waals surface area contributed by atoms with Gasteiger partial charge in [0.1, 0.15) is 0 Å². The minimum absolute atomic E-state index is 0.236. The van der Waals surface area contributed by atoms with Crippen LogP contribution in [0.15, 0.2) is 0 Å². The summed E-state index contributed by atoms with van der Waals surface area (Å²) in [4.78, 5) is 13.5. The summed E-state index contributed by atoms with van der Waals surface area (Å²) < 4.78 is 0. The molecule has 0 bridgehead atoms. The quantitative estimate of drug-likeness (QED) is 0.683. The first-order valence-corrected chi connectivity index (χ1v) is 5.63. The molecule has 0 aliphatic carbocycles. The zero-order chi connectivity index (χ0) is 9.14. The SMILES string of the molecule is CC1CN(CCCBr)C(=O)C1C. The van der Waals surface area contributed by atoms with Gasteiger partial charge < -0.3 is 4.90 Å². The van der Waals surface area contributed by atoms with Gasteiger partial charge in [-0.2, -0.15) is 0 Å². The molecule has 70 valence electrons. The Bertz CT molecular complexity index is 172. The fourth-order valence-corrected chi connectivity index (χ4v) is 1.83. The van der Waals surface area contributed by atoms with Crippen LogP contribution in [0.4, 0.5) is 0 Å². The maximum atomic E-state index is 11.5. The van der Waals surface area contributed by atoms with Crippen LogP contribution in [-0.4, -0.2) is 29.2 Å². The summed E-state index contributed by atoms with van der Waals surface area (Å²) in [7, 11) is 0. The number of nitrogens with zero attached hydrogens (tertiary/aromatic N) is 1. The second-order valence-electron chi connectivity index (χ2n) is 3.59. The summed E-state index contributed by atoms with van der Waals surface area (Å²) in [5.74, 6) is 1.11. The predicted octanol–water partition coefficient (Wildman–Crippen LogP) is 1.89. The van der Waals surface area contributed by atoms with Gasteiger partial charge in [-0.25, -0.2) is 0 Å². The Hall–Kier alpha value is -0.0500. The van der Waals surface area contributed by atoms with E-state index < -0.39 is 0 Å². The van der Waals surface area contributed by atoms with Crippen molar-refractivity contribution in [2.45, 2.75) is 20.3 Å². The van der Waals surface area contributed by atoms with Crippen LogP contribution in [0.25, 0.3) is 0 Å². The molecule has 1 rings (SSSR count). The molecule has 0 radical (unpaired) electrons. The lowest BCUT2D eigenvalue weighted by Gasteiger charge is -2.14. The van der Waals surface area contributed by atoms with Gasteiger partial charge in [0, 0.05) is 24.3 Å². The maximum absolute atomic E-state index is 11.5. The van der Waals surface area contributed by atoms with E-state index in [9.17, 15) is 4.79 Å². The smallest absolute Gasteiger partial charge is 0.225 e. The van der Waals surface area contributed by atoms with Crippen LogP contribution in [0.2, 0.25) is 0 Å². The lowest BCUT2D eigenvalue weighted by atomic mass is 10.0. The minimum Gasteiger partial charge on any atom is -0.342 e. The summed E-state index contributed by atoms with van der Waals surface area (Å²) in [6.07, 6.45) is 1.06. The van der Waals surface area contributed by atoms with Gasteiger partial charge in [-0.3, -0.25) is 4.79 Å². The Morgan fingerprint density at radius 2 is 2.25 bits per heavy atom. The molecule has 0 aromatic heterocycles. The minimum atomic E-state index is 0.236. The second-order valence-corrected chi connectivity index (χ2v) is 4.39. The maximum Gasteiger partial charge on any atom is 0.225 e. The molecule has 0 spiro atoms. The number of rotatable bonds is 3. The van der Waals surface area contributed by atoms with E-state index >= 15 is 0 Å². The zero-order valence-electron chi connectivity index (χ0n) is 7.72. The number of carbonyl (C=O) groups is 1. The van der Waals surface area contributed by atoms with Gasteiger partial charge in [-0.1, -0.05) is 29.8 Å². The van der Waals surface area contributed by atoms with E-state index in [-0.39, 0.29) is 5.92 Å². The standard InChI is InChI=1S/C9H16BrNO/c1-7-6-11(5-3-4-10)9(12)8(7)2/h7-8H,3-6H2,1-2H3. The van der Waals surface area contributed by atoms with Crippen LogP contribution >= 0.6 is 15.9 Å². The number of hydrogen-bond donors (Lipinski definition) is 0. The Morgan fingerprint density at radius 3 is 2.67 bits per heavy atom. The number of carbonyl (C=O) groups excluding carboxylic acids is 1. The van der Waals surface area contributed by atoms with Crippen molar-refractivity contribution in [3.8, 4) is 0 Å². The molecule has 0 saturated carbocycles. The Labute approximate surface area is 82.4 Å². The van der Waals surface area contributed by atoms with Crippen molar-refractivity contribution in [3.05, 3.63) is 0 Å². The van der Waals surface area contributed by atoms with Crippen LogP contribution in [-0.2, 0) is 4.79 Å². The summed E-state index contributed by atoms with van der Waals surface area (Å²) >= 11 is 3.37. The van der Waals surface area contributed by atoms with Gasteiger partial charge in [-0.05, 0) is 12.3 Å². The van der Waals surface area contributed by atoms with Crippen LogP contribution in [0.1, 0.15) is 20.3 Å². The molecular weight excluding hydrogens is 218 g/mol. The number of halogens is 1. The number of likely N-dealkylation sites (tertiary alicyclic amines) is 1. The van der Waals surface area contributed by atoms with Crippen molar-refractivity contribution < 1.29 is 4.79 Å². The third-order valence-corrected chi connectivity index (χ3v) is 3.19. The first-order valence-electron chi connectivity index (χ1n) is 4.51. The number of amides is 1. The first-order chi connectivity index (χ1) is 5.66. The number of hydrogen-bond acceptors (Lipinski definition) is 1. The molecule has 0 N–H and O–H groups in total. The molecule has 12 heavy (non-hydrogen) atoms. The highest BCUT2D eigenvalue weighted by Gasteiger charge is 2.33. The van der Waals surface area contributed by atoms with Crippen LogP contribution in [0.3, 0.4) is 0 Å². The molecule has 1 heterocycles. The van der Waals surface area contributed by atoms with Gasteiger partial charge in [-0.15, -0.1) is 0 Å². The normalized spacial score (nSPS) is 29.9. The van der Waals surface area contributed by atoms with Gasteiger partial charge >= 0.3 is 0 Å². The lowest BCUT2D eigenvalue weighted by molar-refractivity contribution is -0.130. The Kier molecular flexibility index (Phi) is 3.56. The topological polar surface area (TPSA) is 20.3 Å². The van der Waals surface area contributed by atoms with Crippen LogP contribution in [0.5, 0.6) is 0 Å². The molecule has 2 unspecified atom stereocenters.